The monoisotopic (exact) mass is 274 g/mol. The summed E-state index contributed by atoms with van der Waals surface area (Å²) in [4.78, 5) is 14.3. The van der Waals surface area contributed by atoms with Crippen molar-refractivity contribution in [2.75, 3.05) is 19.7 Å². The van der Waals surface area contributed by atoms with Crippen LogP contribution in [0.4, 0.5) is 0 Å². The molecule has 1 atom stereocenters. The third kappa shape index (κ3) is 3.51. The molecule has 1 saturated carbocycles. The van der Waals surface area contributed by atoms with Crippen LogP contribution in [0.1, 0.15) is 25.7 Å². The maximum Gasteiger partial charge on any atom is 0.239 e. The van der Waals surface area contributed by atoms with E-state index in [1.54, 1.807) is 0 Å². The van der Waals surface area contributed by atoms with Crippen LogP contribution in [-0.4, -0.2) is 42.6 Å². The van der Waals surface area contributed by atoms with E-state index in [-0.39, 0.29) is 11.9 Å². The number of hydrogen-bond donors (Lipinski definition) is 1. The number of rotatable bonds is 6. The molecule has 1 unspecified atom stereocenters. The first-order valence-electron chi connectivity index (χ1n) is 7.55. The molecule has 1 aromatic rings. The number of likely N-dealkylation sites (tertiary alicyclic amines) is 1. The maximum atomic E-state index is 12.3. The highest BCUT2D eigenvalue weighted by molar-refractivity contribution is 5.82. The van der Waals surface area contributed by atoms with Gasteiger partial charge in [0.1, 0.15) is 12.4 Å². The van der Waals surface area contributed by atoms with Crippen LogP contribution >= 0.6 is 0 Å². The Labute approximate surface area is 120 Å². The van der Waals surface area contributed by atoms with Gasteiger partial charge in [-0.3, -0.25) is 4.79 Å². The molecule has 4 nitrogen and oxygen atoms in total. The highest BCUT2D eigenvalue weighted by atomic mass is 16.5. The van der Waals surface area contributed by atoms with Crippen molar-refractivity contribution in [2.24, 2.45) is 0 Å². The zero-order chi connectivity index (χ0) is 13.8. The molecule has 0 spiro atoms. The molecule has 2 aliphatic rings. The van der Waals surface area contributed by atoms with Gasteiger partial charge in [0.25, 0.3) is 0 Å². The summed E-state index contributed by atoms with van der Waals surface area (Å²) in [7, 11) is 0. The molecule has 20 heavy (non-hydrogen) atoms. The highest BCUT2D eigenvalue weighted by Gasteiger charge is 2.33. The van der Waals surface area contributed by atoms with Crippen LogP contribution < -0.4 is 10.1 Å². The van der Waals surface area contributed by atoms with Gasteiger partial charge in [0.05, 0.1) is 12.6 Å². The summed E-state index contributed by atoms with van der Waals surface area (Å²) in [6.45, 7) is 2.10. The van der Waals surface area contributed by atoms with Crippen LogP contribution in [0.5, 0.6) is 5.75 Å². The molecule has 0 bridgehead atoms. The normalized spacial score (nSPS) is 22.9. The topological polar surface area (TPSA) is 41.6 Å². The van der Waals surface area contributed by atoms with Crippen molar-refractivity contribution in [1.82, 2.24) is 10.2 Å². The molecule has 1 aromatic carbocycles. The number of nitrogens with zero attached hydrogens (tertiary/aromatic N) is 1. The number of nitrogens with one attached hydrogen (secondary N) is 1. The van der Waals surface area contributed by atoms with Gasteiger partial charge in [0, 0.05) is 12.6 Å². The van der Waals surface area contributed by atoms with Gasteiger partial charge in [-0.25, -0.2) is 0 Å². The number of carbonyl (C=O) groups excluding carboxylic acids is 1. The molecular weight excluding hydrogens is 252 g/mol. The lowest BCUT2D eigenvalue weighted by atomic mass is 10.0. The van der Waals surface area contributed by atoms with Crippen LogP contribution in [0.2, 0.25) is 0 Å². The van der Waals surface area contributed by atoms with Crippen molar-refractivity contribution >= 4 is 5.91 Å². The largest absolute Gasteiger partial charge is 0.492 e. The zero-order valence-electron chi connectivity index (χ0n) is 11.8. The summed E-state index contributed by atoms with van der Waals surface area (Å²) in [5.41, 5.74) is 0. The van der Waals surface area contributed by atoms with E-state index in [9.17, 15) is 4.79 Å². The molecule has 1 saturated heterocycles. The second-order valence-electron chi connectivity index (χ2n) is 5.62. The fourth-order valence-corrected chi connectivity index (χ4v) is 2.64. The zero-order valence-corrected chi connectivity index (χ0v) is 11.8. The molecule has 4 heteroatoms. The summed E-state index contributed by atoms with van der Waals surface area (Å²) in [6.07, 6.45) is 4.51. The summed E-state index contributed by atoms with van der Waals surface area (Å²) in [6, 6.07) is 10.4. The first kappa shape index (κ1) is 13.4. The molecule has 108 valence electrons. The lowest BCUT2D eigenvalue weighted by Crippen LogP contribution is -2.52. The maximum absolute atomic E-state index is 12.3. The Bertz CT molecular complexity index is 445. The minimum atomic E-state index is 0.0352. The Hall–Kier alpha value is -1.55. The second-order valence-corrected chi connectivity index (χ2v) is 5.62. The molecule has 1 N–H and O–H groups in total. The van der Waals surface area contributed by atoms with E-state index < -0.39 is 0 Å². The first-order chi connectivity index (χ1) is 9.83. The SMILES string of the molecule is O=C1C(NC2CC2)CCCN1CCOc1ccccc1. The van der Waals surface area contributed by atoms with Crippen LogP contribution in [0.25, 0.3) is 0 Å². The molecule has 0 radical (unpaired) electrons. The van der Waals surface area contributed by atoms with Gasteiger partial charge < -0.3 is 15.0 Å². The van der Waals surface area contributed by atoms with Crippen molar-refractivity contribution in [3.63, 3.8) is 0 Å². The number of para-hydroxylation sites is 1. The lowest BCUT2D eigenvalue weighted by molar-refractivity contribution is -0.136. The third-order valence-electron chi connectivity index (χ3n) is 3.92. The van der Waals surface area contributed by atoms with Crippen LogP contribution in [0.3, 0.4) is 0 Å². The average Bonchev–Trinajstić information content (AvgIpc) is 3.28. The van der Waals surface area contributed by atoms with E-state index >= 15 is 0 Å². The Morgan fingerprint density at radius 2 is 2.00 bits per heavy atom. The van der Waals surface area contributed by atoms with E-state index in [1.165, 1.54) is 12.8 Å². The minimum absolute atomic E-state index is 0.0352. The molecule has 1 heterocycles. The van der Waals surface area contributed by atoms with Gasteiger partial charge in [-0.1, -0.05) is 18.2 Å². The van der Waals surface area contributed by atoms with E-state index in [1.807, 2.05) is 35.2 Å². The molecule has 0 aromatic heterocycles. The number of hydrogen-bond acceptors (Lipinski definition) is 3. The molecule has 1 amide bonds. The van der Waals surface area contributed by atoms with E-state index in [4.69, 9.17) is 4.74 Å². The molecule has 1 aliphatic heterocycles. The molecule has 3 rings (SSSR count). The minimum Gasteiger partial charge on any atom is -0.492 e. The predicted octanol–water partition coefficient (Wildman–Crippen LogP) is 1.81. The summed E-state index contributed by atoms with van der Waals surface area (Å²) in [5, 5.41) is 3.45. The Balaban J connectivity index is 1.45. The van der Waals surface area contributed by atoms with Crippen molar-refractivity contribution in [3.05, 3.63) is 30.3 Å². The van der Waals surface area contributed by atoms with Crippen molar-refractivity contribution in [2.45, 2.75) is 37.8 Å². The lowest BCUT2D eigenvalue weighted by Gasteiger charge is -2.32. The van der Waals surface area contributed by atoms with Crippen LogP contribution in [0.15, 0.2) is 30.3 Å². The van der Waals surface area contributed by atoms with E-state index in [0.29, 0.717) is 19.2 Å². The number of benzene rings is 1. The Morgan fingerprint density at radius 1 is 1.20 bits per heavy atom. The van der Waals surface area contributed by atoms with Crippen LogP contribution in [0, 0.1) is 0 Å². The summed E-state index contributed by atoms with van der Waals surface area (Å²) < 4.78 is 5.67. The van der Waals surface area contributed by atoms with Crippen molar-refractivity contribution in [3.8, 4) is 5.75 Å². The predicted molar refractivity (Wildman–Crippen MR) is 77.7 cm³/mol. The molecule has 1 aliphatic carbocycles. The standard InChI is InChI=1S/C16H22N2O2/c19-16-15(17-13-8-9-13)7-4-10-18(16)11-12-20-14-5-2-1-3-6-14/h1-3,5-6,13,15,17H,4,7-12H2. The Kier molecular flexibility index (Phi) is 4.21. The van der Waals surface area contributed by atoms with Gasteiger partial charge >= 0.3 is 0 Å². The molecular formula is C16H22N2O2. The summed E-state index contributed by atoms with van der Waals surface area (Å²) >= 11 is 0. The third-order valence-corrected chi connectivity index (χ3v) is 3.92. The van der Waals surface area contributed by atoms with Gasteiger partial charge in [0.15, 0.2) is 0 Å². The number of carbonyl (C=O) groups is 1. The van der Waals surface area contributed by atoms with Gasteiger partial charge in [0.2, 0.25) is 5.91 Å². The second kappa shape index (κ2) is 6.27. The number of piperidine rings is 1. The van der Waals surface area contributed by atoms with Gasteiger partial charge in [-0.2, -0.15) is 0 Å². The smallest absolute Gasteiger partial charge is 0.239 e. The first-order valence-corrected chi connectivity index (χ1v) is 7.55. The summed E-state index contributed by atoms with van der Waals surface area (Å²) in [5.74, 6) is 1.12. The van der Waals surface area contributed by atoms with Crippen LogP contribution in [-0.2, 0) is 4.79 Å². The van der Waals surface area contributed by atoms with E-state index in [2.05, 4.69) is 5.32 Å². The molecule has 2 fully saturated rings. The van der Waals surface area contributed by atoms with Crippen molar-refractivity contribution < 1.29 is 9.53 Å². The number of ether oxygens (including phenoxy) is 1. The van der Waals surface area contributed by atoms with Gasteiger partial charge in [-0.15, -0.1) is 0 Å². The average molecular weight is 274 g/mol. The van der Waals surface area contributed by atoms with Gasteiger partial charge in [-0.05, 0) is 37.8 Å². The fourth-order valence-electron chi connectivity index (χ4n) is 2.64. The van der Waals surface area contributed by atoms with E-state index in [0.717, 1.165) is 25.1 Å². The van der Waals surface area contributed by atoms with Crippen molar-refractivity contribution in [1.29, 1.82) is 0 Å². The quantitative estimate of drug-likeness (QED) is 0.860. The fraction of sp³-hybridized carbons (Fsp3) is 0.562. The Morgan fingerprint density at radius 3 is 2.75 bits per heavy atom. The number of amides is 1. The highest BCUT2D eigenvalue weighted by Crippen LogP contribution is 2.22.